The Morgan fingerprint density at radius 1 is 1.08 bits per heavy atom. The number of carbonyl (C=O) groups excluding carboxylic acids is 1. The average molecular weight is 341 g/mol. The first-order valence-electron chi connectivity index (χ1n) is 7.94. The summed E-state index contributed by atoms with van der Waals surface area (Å²) in [5.74, 6) is 0.374. The third-order valence-corrected chi connectivity index (χ3v) is 5.40. The summed E-state index contributed by atoms with van der Waals surface area (Å²) in [5.41, 5.74) is 0.600. The summed E-state index contributed by atoms with van der Waals surface area (Å²) >= 11 is 1.82. The zero-order valence-corrected chi connectivity index (χ0v) is 14.0. The highest BCUT2D eigenvalue weighted by Crippen LogP contribution is 2.26. The molecule has 0 saturated carbocycles. The first-order chi connectivity index (χ1) is 11.6. The van der Waals surface area contributed by atoms with Gasteiger partial charge in [-0.15, -0.1) is 11.8 Å². The van der Waals surface area contributed by atoms with Crippen molar-refractivity contribution in [1.82, 2.24) is 4.90 Å². The van der Waals surface area contributed by atoms with Gasteiger partial charge < -0.3 is 10.0 Å². The lowest BCUT2D eigenvalue weighted by atomic mass is 10.1. The summed E-state index contributed by atoms with van der Waals surface area (Å²) in [7, 11) is 0. The number of carboxylic acid groups (broad SMARTS) is 1. The van der Waals surface area contributed by atoms with Crippen molar-refractivity contribution in [3.8, 4) is 0 Å². The summed E-state index contributed by atoms with van der Waals surface area (Å²) in [6.45, 7) is 1.46. The van der Waals surface area contributed by atoms with Gasteiger partial charge in [-0.05, 0) is 42.7 Å². The summed E-state index contributed by atoms with van der Waals surface area (Å²) in [6.07, 6.45) is 0.990. The lowest BCUT2D eigenvalue weighted by Crippen LogP contribution is -2.29. The maximum Gasteiger partial charge on any atom is 0.335 e. The van der Waals surface area contributed by atoms with Crippen LogP contribution in [0, 0.1) is 5.92 Å². The van der Waals surface area contributed by atoms with E-state index >= 15 is 0 Å². The standard InChI is InChI=1S/C19H19NO3S/c21-18(15-5-4-6-16(11-15)19(22)23)20-10-9-14(12-20)13-24-17-7-2-1-3-8-17/h1-8,11,14H,9-10,12-13H2,(H,22,23). The fourth-order valence-electron chi connectivity index (χ4n) is 2.85. The zero-order valence-electron chi connectivity index (χ0n) is 13.2. The second-order valence-corrected chi connectivity index (χ2v) is 7.01. The van der Waals surface area contributed by atoms with Gasteiger partial charge in [0.25, 0.3) is 5.91 Å². The van der Waals surface area contributed by atoms with E-state index in [9.17, 15) is 9.59 Å². The van der Waals surface area contributed by atoms with Crippen molar-refractivity contribution in [2.75, 3.05) is 18.8 Å². The monoisotopic (exact) mass is 341 g/mol. The molecule has 3 rings (SSSR count). The topological polar surface area (TPSA) is 57.6 Å². The molecule has 0 radical (unpaired) electrons. The van der Waals surface area contributed by atoms with Crippen LogP contribution in [0.4, 0.5) is 0 Å². The number of likely N-dealkylation sites (tertiary alicyclic amines) is 1. The molecule has 4 nitrogen and oxygen atoms in total. The molecule has 2 aromatic rings. The average Bonchev–Trinajstić information content (AvgIpc) is 3.09. The number of carbonyl (C=O) groups is 2. The third kappa shape index (κ3) is 3.97. The van der Waals surface area contributed by atoms with Gasteiger partial charge in [0.15, 0.2) is 0 Å². The van der Waals surface area contributed by atoms with Crippen LogP contribution in [0.15, 0.2) is 59.5 Å². The fourth-order valence-corrected chi connectivity index (χ4v) is 3.90. The number of aromatic carboxylic acids is 1. The molecule has 1 saturated heterocycles. The molecule has 2 aromatic carbocycles. The van der Waals surface area contributed by atoms with E-state index in [1.54, 1.807) is 12.1 Å². The predicted molar refractivity (Wildman–Crippen MR) is 94.6 cm³/mol. The van der Waals surface area contributed by atoms with Crippen LogP contribution in [-0.4, -0.2) is 40.7 Å². The van der Waals surface area contributed by atoms with E-state index in [2.05, 4.69) is 12.1 Å². The molecule has 1 unspecified atom stereocenters. The molecule has 1 atom stereocenters. The van der Waals surface area contributed by atoms with Crippen LogP contribution in [-0.2, 0) is 0 Å². The molecule has 0 bridgehead atoms. The molecule has 0 spiro atoms. The molecule has 1 fully saturated rings. The molecule has 1 aliphatic heterocycles. The van der Waals surface area contributed by atoms with Crippen molar-refractivity contribution in [3.63, 3.8) is 0 Å². The Kier molecular flexibility index (Phi) is 5.20. The van der Waals surface area contributed by atoms with Crippen LogP contribution >= 0.6 is 11.8 Å². The molecule has 5 heteroatoms. The number of hydrogen-bond donors (Lipinski definition) is 1. The van der Waals surface area contributed by atoms with Crippen molar-refractivity contribution in [3.05, 3.63) is 65.7 Å². The summed E-state index contributed by atoms with van der Waals surface area (Å²) in [6, 6.07) is 16.5. The Labute approximate surface area is 145 Å². The van der Waals surface area contributed by atoms with Crippen molar-refractivity contribution < 1.29 is 14.7 Å². The van der Waals surface area contributed by atoms with Gasteiger partial charge in [0.2, 0.25) is 0 Å². The van der Waals surface area contributed by atoms with E-state index in [1.165, 1.54) is 17.0 Å². The zero-order chi connectivity index (χ0) is 16.9. The Morgan fingerprint density at radius 2 is 1.83 bits per heavy atom. The summed E-state index contributed by atoms with van der Waals surface area (Å²) in [4.78, 5) is 26.7. The van der Waals surface area contributed by atoms with Crippen molar-refractivity contribution in [1.29, 1.82) is 0 Å². The lowest BCUT2D eigenvalue weighted by Gasteiger charge is -2.17. The lowest BCUT2D eigenvalue weighted by molar-refractivity contribution is 0.0697. The molecule has 124 valence electrons. The van der Waals surface area contributed by atoms with E-state index in [4.69, 9.17) is 5.11 Å². The number of nitrogens with zero attached hydrogens (tertiary/aromatic N) is 1. The highest BCUT2D eigenvalue weighted by atomic mass is 32.2. The van der Waals surface area contributed by atoms with Crippen LogP contribution in [0.2, 0.25) is 0 Å². The van der Waals surface area contributed by atoms with E-state index < -0.39 is 5.97 Å². The van der Waals surface area contributed by atoms with Crippen molar-refractivity contribution >= 4 is 23.6 Å². The van der Waals surface area contributed by atoms with Crippen molar-refractivity contribution in [2.24, 2.45) is 5.92 Å². The van der Waals surface area contributed by atoms with Gasteiger partial charge in [-0.1, -0.05) is 24.3 Å². The number of hydrogen-bond acceptors (Lipinski definition) is 3. The molecule has 1 amide bonds. The highest BCUT2D eigenvalue weighted by Gasteiger charge is 2.27. The largest absolute Gasteiger partial charge is 0.478 e. The van der Waals surface area contributed by atoms with Gasteiger partial charge in [0.1, 0.15) is 0 Å². The van der Waals surface area contributed by atoms with E-state index in [1.807, 2.05) is 34.9 Å². The molecule has 0 aliphatic carbocycles. The Hall–Kier alpha value is -2.27. The number of rotatable bonds is 5. The Morgan fingerprint density at radius 3 is 2.58 bits per heavy atom. The normalized spacial score (nSPS) is 17.0. The van der Waals surface area contributed by atoms with Gasteiger partial charge in [0.05, 0.1) is 5.56 Å². The smallest absolute Gasteiger partial charge is 0.335 e. The van der Waals surface area contributed by atoms with Crippen LogP contribution in [0.3, 0.4) is 0 Å². The van der Waals surface area contributed by atoms with Crippen LogP contribution in [0.5, 0.6) is 0 Å². The van der Waals surface area contributed by atoms with E-state index in [0.717, 1.165) is 25.3 Å². The first-order valence-corrected chi connectivity index (χ1v) is 8.92. The van der Waals surface area contributed by atoms with Crippen LogP contribution in [0.25, 0.3) is 0 Å². The second kappa shape index (κ2) is 7.53. The maximum absolute atomic E-state index is 12.6. The van der Waals surface area contributed by atoms with E-state index in [0.29, 0.717) is 11.5 Å². The van der Waals surface area contributed by atoms with Gasteiger partial charge in [-0.2, -0.15) is 0 Å². The fraction of sp³-hybridized carbons (Fsp3) is 0.263. The SMILES string of the molecule is O=C(O)c1cccc(C(=O)N2CCC(CSc3ccccc3)C2)c1. The predicted octanol–water partition coefficient (Wildman–Crippen LogP) is 3.64. The number of benzene rings is 2. The molecular weight excluding hydrogens is 322 g/mol. The van der Waals surface area contributed by atoms with Gasteiger partial charge in [-0.3, -0.25) is 4.79 Å². The van der Waals surface area contributed by atoms with Crippen LogP contribution in [0.1, 0.15) is 27.1 Å². The van der Waals surface area contributed by atoms with Gasteiger partial charge >= 0.3 is 5.97 Å². The number of carboxylic acids is 1. The Bertz CT molecular complexity index is 732. The minimum absolute atomic E-state index is 0.0784. The molecule has 1 N–H and O–H groups in total. The third-order valence-electron chi connectivity index (χ3n) is 4.16. The highest BCUT2D eigenvalue weighted by molar-refractivity contribution is 7.99. The maximum atomic E-state index is 12.6. The van der Waals surface area contributed by atoms with Crippen LogP contribution < -0.4 is 0 Å². The molecule has 1 aliphatic rings. The summed E-state index contributed by atoms with van der Waals surface area (Å²) in [5, 5.41) is 9.05. The molecule has 0 aromatic heterocycles. The number of amides is 1. The minimum atomic E-state index is -1.01. The van der Waals surface area contributed by atoms with Gasteiger partial charge in [0, 0.05) is 29.3 Å². The molecular formula is C19H19NO3S. The Balaban J connectivity index is 1.58. The quantitative estimate of drug-likeness (QED) is 0.844. The van der Waals surface area contributed by atoms with Gasteiger partial charge in [-0.25, -0.2) is 4.79 Å². The van der Waals surface area contributed by atoms with E-state index in [-0.39, 0.29) is 11.5 Å². The van der Waals surface area contributed by atoms with Crippen molar-refractivity contribution in [2.45, 2.75) is 11.3 Å². The summed E-state index contributed by atoms with van der Waals surface area (Å²) < 4.78 is 0. The molecule has 24 heavy (non-hydrogen) atoms. The first kappa shape index (κ1) is 16.6. The second-order valence-electron chi connectivity index (χ2n) is 5.92. The molecule has 1 heterocycles. The minimum Gasteiger partial charge on any atom is -0.478 e. The number of thioether (sulfide) groups is 1.